The standard InChI is InChI=1S/C26H30ClN3O4/c1-33-14-13-29(26(32)18-7-5-8-18)17-25(31)30-24(21-11-3-4-12-22(21)27)16-23(28-30)19-9-6-10-20(15-19)34-2/h3-4,6,9-12,15,18,24H,5,7-8,13-14,16-17H2,1-2H3/t24-/m1/s1. The lowest BCUT2D eigenvalue weighted by Crippen LogP contribution is -2.46. The van der Waals surface area contributed by atoms with Gasteiger partial charge < -0.3 is 14.4 Å². The molecular weight excluding hydrogens is 454 g/mol. The van der Waals surface area contributed by atoms with E-state index < -0.39 is 0 Å². The minimum Gasteiger partial charge on any atom is -0.497 e. The Morgan fingerprint density at radius 1 is 1.15 bits per heavy atom. The van der Waals surface area contributed by atoms with Crippen molar-refractivity contribution >= 4 is 29.1 Å². The first kappa shape index (κ1) is 24.2. The number of carbonyl (C=O) groups excluding carboxylic acids is 2. The van der Waals surface area contributed by atoms with Crippen molar-refractivity contribution in [2.24, 2.45) is 11.0 Å². The number of hydrogen-bond acceptors (Lipinski definition) is 5. The van der Waals surface area contributed by atoms with Gasteiger partial charge in [-0.25, -0.2) is 5.01 Å². The number of hydrogen-bond donors (Lipinski definition) is 0. The third kappa shape index (κ3) is 5.26. The van der Waals surface area contributed by atoms with Gasteiger partial charge in [-0.2, -0.15) is 5.10 Å². The van der Waals surface area contributed by atoms with Gasteiger partial charge in [0.2, 0.25) is 5.91 Å². The quantitative estimate of drug-likeness (QED) is 0.533. The molecule has 1 heterocycles. The van der Waals surface area contributed by atoms with E-state index in [0.717, 1.165) is 41.9 Å². The number of benzene rings is 2. The molecule has 8 heteroatoms. The minimum absolute atomic E-state index is 0.00144. The third-order valence-electron chi connectivity index (χ3n) is 6.49. The van der Waals surface area contributed by atoms with Crippen molar-refractivity contribution in [1.82, 2.24) is 9.91 Å². The first-order chi connectivity index (χ1) is 16.5. The second-order valence-electron chi connectivity index (χ2n) is 8.64. The third-order valence-corrected chi connectivity index (χ3v) is 6.83. The van der Waals surface area contributed by atoms with Gasteiger partial charge in [-0.05, 0) is 36.6 Å². The van der Waals surface area contributed by atoms with E-state index in [1.165, 1.54) is 5.01 Å². The predicted molar refractivity (Wildman–Crippen MR) is 131 cm³/mol. The van der Waals surface area contributed by atoms with E-state index in [0.29, 0.717) is 24.6 Å². The molecule has 0 spiro atoms. The van der Waals surface area contributed by atoms with Gasteiger partial charge in [0.05, 0.1) is 25.5 Å². The van der Waals surface area contributed by atoms with Crippen LogP contribution in [0, 0.1) is 5.92 Å². The summed E-state index contributed by atoms with van der Waals surface area (Å²) in [6, 6.07) is 14.8. The van der Waals surface area contributed by atoms with Crippen molar-refractivity contribution in [2.45, 2.75) is 31.7 Å². The van der Waals surface area contributed by atoms with Crippen LogP contribution in [0.2, 0.25) is 5.02 Å². The van der Waals surface area contributed by atoms with Crippen molar-refractivity contribution in [3.63, 3.8) is 0 Å². The summed E-state index contributed by atoms with van der Waals surface area (Å²) in [4.78, 5) is 28.1. The summed E-state index contributed by atoms with van der Waals surface area (Å²) in [5, 5.41) is 6.79. The van der Waals surface area contributed by atoms with E-state index >= 15 is 0 Å². The van der Waals surface area contributed by atoms with Crippen LogP contribution in [0.5, 0.6) is 5.75 Å². The van der Waals surface area contributed by atoms with Crippen molar-refractivity contribution < 1.29 is 19.1 Å². The van der Waals surface area contributed by atoms with Crippen LogP contribution in [0.3, 0.4) is 0 Å². The molecule has 1 fully saturated rings. The highest BCUT2D eigenvalue weighted by atomic mass is 35.5. The molecule has 0 aromatic heterocycles. The van der Waals surface area contributed by atoms with E-state index in [1.807, 2.05) is 48.5 Å². The van der Waals surface area contributed by atoms with E-state index in [1.54, 1.807) is 19.1 Å². The number of amides is 2. The molecule has 2 aromatic carbocycles. The maximum atomic E-state index is 13.6. The maximum absolute atomic E-state index is 13.6. The highest BCUT2D eigenvalue weighted by molar-refractivity contribution is 6.31. The fraction of sp³-hybridized carbons (Fsp3) is 0.423. The summed E-state index contributed by atoms with van der Waals surface area (Å²) >= 11 is 6.52. The van der Waals surface area contributed by atoms with E-state index in [4.69, 9.17) is 26.2 Å². The van der Waals surface area contributed by atoms with Gasteiger partial charge in [-0.3, -0.25) is 9.59 Å². The van der Waals surface area contributed by atoms with Gasteiger partial charge in [0, 0.05) is 36.6 Å². The zero-order valence-electron chi connectivity index (χ0n) is 19.6. The summed E-state index contributed by atoms with van der Waals surface area (Å²) < 4.78 is 10.5. The summed E-state index contributed by atoms with van der Waals surface area (Å²) in [5.74, 6) is 0.489. The number of methoxy groups -OCH3 is 2. The highest BCUT2D eigenvalue weighted by Gasteiger charge is 2.37. The molecule has 2 amide bonds. The molecule has 7 nitrogen and oxygen atoms in total. The number of carbonyl (C=O) groups is 2. The molecule has 4 rings (SSSR count). The van der Waals surface area contributed by atoms with Crippen LogP contribution in [0.1, 0.15) is 42.9 Å². The van der Waals surface area contributed by atoms with Crippen molar-refractivity contribution in [2.75, 3.05) is 33.9 Å². The first-order valence-electron chi connectivity index (χ1n) is 11.6. The second kappa shape index (κ2) is 11.0. The average Bonchev–Trinajstić information content (AvgIpc) is 3.26. The van der Waals surface area contributed by atoms with E-state index in [2.05, 4.69) is 0 Å². The Hall–Kier alpha value is -2.90. The minimum atomic E-state index is -0.356. The Kier molecular flexibility index (Phi) is 7.85. The highest BCUT2D eigenvalue weighted by Crippen LogP contribution is 2.37. The van der Waals surface area contributed by atoms with Crippen molar-refractivity contribution in [1.29, 1.82) is 0 Å². The van der Waals surface area contributed by atoms with E-state index in [-0.39, 0.29) is 30.3 Å². The predicted octanol–water partition coefficient (Wildman–Crippen LogP) is 4.30. The lowest BCUT2D eigenvalue weighted by molar-refractivity contribution is -0.146. The molecule has 0 N–H and O–H groups in total. The fourth-order valence-electron chi connectivity index (χ4n) is 4.32. The van der Waals surface area contributed by atoms with Crippen LogP contribution in [0.15, 0.2) is 53.6 Å². The number of rotatable bonds is 9. The summed E-state index contributed by atoms with van der Waals surface area (Å²) in [6.45, 7) is 0.696. The Morgan fingerprint density at radius 3 is 2.62 bits per heavy atom. The van der Waals surface area contributed by atoms with Gasteiger partial charge in [0.1, 0.15) is 12.3 Å². The lowest BCUT2D eigenvalue weighted by atomic mass is 9.84. The average molecular weight is 484 g/mol. The van der Waals surface area contributed by atoms with Gasteiger partial charge in [0.15, 0.2) is 0 Å². The first-order valence-corrected chi connectivity index (χ1v) is 12.0. The topological polar surface area (TPSA) is 71.4 Å². The van der Waals surface area contributed by atoms with Gasteiger partial charge >= 0.3 is 0 Å². The Labute approximate surface area is 205 Å². The summed E-state index contributed by atoms with van der Waals surface area (Å²) in [7, 11) is 3.21. The van der Waals surface area contributed by atoms with Gasteiger partial charge in [-0.1, -0.05) is 48.4 Å². The molecule has 2 aliphatic rings. The molecule has 1 aliphatic heterocycles. The molecule has 0 bridgehead atoms. The molecule has 1 saturated carbocycles. The Morgan fingerprint density at radius 2 is 1.94 bits per heavy atom. The summed E-state index contributed by atoms with van der Waals surface area (Å²) in [5.41, 5.74) is 2.48. The van der Waals surface area contributed by atoms with Crippen molar-refractivity contribution in [3.8, 4) is 5.75 Å². The molecule has 34 heavy (non-hydrogen) atoms. The maximum Gasteiger partial charge on any atom is 0.262 e. The number of nitrogens with zero attached hydrogens (tertiary/aromatic N) is 3. The largest absolute Gasteiger partial charge is 0.497 e. The van der Waals surface area contributed by atoms with E-state index in [9.17, 15) is 9.59 Å². The number of hydrazone groups is 1. The van der Waals surface area contributed by atoms with Crippen LogP contribution in [0.25, 0.3) is 0 Å². The number of halogens is 1. The normalized spacial score (nSPS) is 17.8. The monoisotopic (exact) mass is 483 g/mol. The molecule has 180 valence electrons. The smallest absolute Gasteiger partial charge is 0.262 e. The molecule has 2 aromatic rings. The van der Waals surface area contributed by atoms with Gasteiger partial charge in [0.25, 0.3) is 5.91 Å². The Balaban J connectivity index is 1.62. The fourth-order valence-corrected chi connectivity index (χ4v) is 4.58. The molecule has 1 aliphatic carbocycles. The Bertz CT molecular complexity index is 1070. The molecular formula is C26H30ClN3O4. The van der Waals surface area contributed by atoms with Crippen LogP contribution < -0.4 is 4.74 Å². The zero-order valence-corrected chi connectivity index (χ0v) is 20.3. The van der Waals surface area contributed by atoms with Gasteiger partial charge in [-0.15, -0.1) is 0 Å². The molecule has 0 saturated heterocycles. The van der Waals surface area contributed by atoms with Crippen LogP contribution >= 0.6 is 11.6 Å². The van der Waals surface area contributed by atoms with Crippen LogP contribution in [-0.4, -0.2) is 61.4 Å². The SMILES string of the molecule is COCCN(CC(=O)N1N=C(c2cccc(OC)c2)C[C@@H]1c1ccccc1Cl)C(=O)C1CCC1. The molecule has 1 atom stereocenters. The number of ether oxygens (including phenoxy) is 2. The zero-order chi connectivity index (χ0) is 24.1. The van der Waals surface area contributed by atoms with Crippen LogP contribution in [-0.2, 0) is 14.3 Å². The van der Waals surface area contributed by atoms with Crippen LogP contribution in [0.4, 0.5) is 0 Å². The molecule has 0 unspecified atom stereocenters. The molecule has 0 radical (unpaired) electrons. The lowest BCUT2D eigenvalue weighted by Gasteiger charge is -2.32. The summed E-state index contributed by atoms with van der Waals surface area (Å²) in [6.07, 6.45) is 3.32. The van der Waals surface area contributed by atoms with Crippen molar-refractivity contribution in [3.05, 3.63) is 64.7 Å². The second-order valence-corrected chi connectivity index (χ2v) is 9.05.